The molecule has 0 radical (unpaired) electrons. The molecule has 0 fully saturated rings. The Kier molecular flexibility index (Phi) is 12.3. The van der Waals surface area contributed by atoms with Gasteiger partial charge in [0.1, 0.15) is 0 Å². The molecule has 0 aromatic carbocycles. The molecule has 0 heterocycles. The third-order valence-corrected chi connectivity index (χ3v) is 1.33. The van der Waals surface area contributed by atoms with Gasteiger partial charge in [0.2, 0.25) is 0 Å². The minimum Gasteiger partial charge on any atom is -0.147 e. The molecular weight excluding hydrogens is 238 g/mol. The van der Waals surface area contributed by atoms with Gasteiger partial charge in [0.15, 0.2) is 0 Å². The summed E-state index contributed by atoms with van der Waals surface area (Å²) in [4.78, 5) is 0. The van der Waals surface area contributed by atoms with Crippen molar-refractivity contribution in [3.8, 4) is 0 Å². The largest absolute Gasteiger partial charge is 0.147 e. The summed E-state index contributed by atoms with van der Waals surface area (Å²) in [5.74, 6) is 0. The second kappa shape index (κ2) is 9.43. The Morgan fingerprint density at radius 1 is 0.600 bits per heavy atom. The van der Waals surface area contributed by atoms with E-state index >= 15 is 0 Å². The standard InChI is InChI=1S/C8H12.ClH.Pd/c1-2-4-6-8-7-5-3-1;;/h1-2,7-8H,3-6H2;1H;. The van der Waals surface area contributed by atoms with Gasteiger partial charge in [-0.05, 0) is 25.7 Å². The van der Waals surface area contributed by atoms with Gasteiger partial charge in [0.25, 0.3) is 0 Å². The van der Waals surface area contributed by atoms with Crippen molar-refractivity contribution >= 4 is 12.4 Å². The topological polar surface area (TPSA) is 0 Å². The van der Waals surface area contributed by atoms with E-state index < -0.39 is 0 Å². The summed E-state index contributed by atoms with van der Waals surface area (Å²) < 4.78 is 0. The summed E-state index contributed by atoms with van der Waals surface area (Å²) in [6, 6.07) is 0. The Morgan fingerprint density at radius 3 is 1.00 bits per heavy atom. The van der Waals surface area contributed by atoms with Crippen LogP contribution in [-0.4, -0.2) is 0 Å². The first-order chi connectivity index (χ1) is 4.00. The van der Waals surface area contributed by atoms with Crippen LogP contribution < -0.4 is 0 Å². The molecule has 2 heteroatoms. The predicted molar refractivity (Wildman–Crippen MR) is 44.0 cm³/mol. The van der Waals surface area contributed by atoms with Crippen molar-refractivity contribution in [1.29, 1.82) is 0 Å². The molecule has 0 atom stereocenters. The average Bonchev–Trinajstić information content (AvgIpc) is 1.62. The van der Waals surface area contributed by atoms with E-state index in [9.17, 15) is 0 Å². The molecule has 1 aliphatic rings. The van der Waals surface area contributed by atoms with Gasteiger partial charge in [-0.1, -0.05) is 24.3 Å². The number of halogens is 1. The fourth-order valence-corrected chi connectivity index (χ4v) is 0.856. The van der Waals surface area contributed by atoms with Crippen LogP contribution in [0, 0.1) is 0 Å². The van der Waals surface area contributed by atoms with Gasteiger partial charge in [-0.15, -0.1) is 12.4 Å². The maximum atomic E-state index is 2.27. The molecule has 0 aliphatic heterocycles. The van der Waals surface area contributed by atoms with Crippen LogP contribution >= 0.6 is 12.4 Å². The monoisotopic (exact) mass is 250 g/mol. The van der Waals surface area contributed by atoms with Crippen molar-refractivity contribution in [3.63, 3.8) is 0 Å². The molecule has 0 amide bonds. The number of hydrogen-bond acceptors (Lipinski definition) is 0. The molecule has 0 saturated carbocycles. The molecule has 0 unspecified atom stereocenters. The van der Waals surface area contributed by atoms with E-state index in [-0.39, 0.29) is 32.8 Å². The molecule has 1 rings (SSSR count). The first-order valence-electron chi connectivity index (χ1n) is 3.30. The molecule has 0 aromatic heterocycles. The fraction of sp³-hybridized carbons (Fsp3) is 0.500. The van der Waals surface area contributed by atoms with Crippen LogP contribution in [0.2, 0.25) is 0 Å². The smallest absolute Gasteiger partial charge is 0 e. The van der Waals surface area contributed by atoms with Gasteiger partial charge < -0.3 is 0 Å². The molecule has 0 nitrogen and oxygen atoms in total. The van der Waals surface area contributed by atoms with Gasteiger partial charge in [-0.2, -0.15) is 0 Å². The van der Waals surface area contributed by atoms with E-state index in [0.717, 1.165) is 0 Å². The maximum absolute atomic E-state index is 2.27. The van der Waals surface area contributed by atoms with Crippen molar-refractivity contribution in [2.24, 2.45) is 0 Å². The van der Waals surface area contributed by atoms with Crippen LogP contribution in [0.4, 0.5) is 0 Å². The molecule has 0 aromatic rings. The predicted octanol–water partition coefficient (Wildman–Crippen LogP) is 3.09. The van der Waals surface area contributed by atoms with Crippen LogP contribution in [0.5, 0.6) is 0 Å². The number of rotatable bonds is 0. The van der Waals surface area contributed by atoms with Crippen molar-refractivity contribution in [1.82, 2.24) is 0 Å². The van der Waals surface area contributed by atoms with E-state index in [0.29, 0.717) is 0 Å². The zero-order chi connectivity index (χ0) is 5.66. The Morgan fingerprint density at radius 2 is 0.800 bits per heavy atom. The molecule has 0 bridgehead atoms. The quantitative estimate of drug-likeness (QED) is 0.458. The van der Waals surface area contributed by atoms with Gasteiger partial charge in [0.05, 0.1) is 0 Å². The molecule has 10 heavy (non-hydrogen) atoms. The second-order valence-corrected chi connectivity index (χ2v) is 2.10. The molecule has 0 N–H and O–H groups in total. The minimum absolute atomic E-state index is 0. The van der Waals surface area contributed by atoms with E-state index in [1.807, 2.05) is 0 Å². The molecule has 1 aliphatic carbocycles. The Balaban J connectivity index is 0. The Bertz CT molecular complexity index is 81.8. The molecule has 0 saturated heterocycles. The van der Waals surface area contributed by atoms with Crippen molar-refractivity contribution in [2.45, 2.75) is 25.7 Å². The van der Waals surface area contributed by atoms with Crippen molar-refractivity contribution in [3.05, 3.63) is 24.3 Å². The summed E-state index contributed by atoms with van der Waals surface area (Å²) in [5, 5.41) is 0. The van der Waals surface area contributed by atoms with Gasteiger partial charge in [-0.25, -0.2) is 0 Å². The van der Waals surface area contributed by atoms with Crippen LogP contribution in [0.15, 0.2) is 24.3 Å². The van der Waals surface area contributed by atoms with E-state index in [1.165, 1.54) is 25.7 Å². The third kappa shape index (κ3) is 6.55. The van der Waals surface area contributed by atoms with Crippen molar-refractivity contribution in [2.75, 3.05) is 0 Å². The summed E-state index contributed by atoms with van der Waals surface area (Å²) in [6.45, 7) is 0. The third-order valence-electron chi connectivity index (χ3n) is 1.33. The van der Waals surface area contributed by atoms with Gasteiger partial charge in [0, 0.05) is 20.4 Å². The first kappa shape index (κ1) is 13.1. The average molecular weight is 251 g/mol. The molecule has 0 spiro atoms. The van der Waals surface area contributed by atoms with Gasteiger partial charge in [-0.3, -0.25) is 0 Å². The van der Waals surface area contributed by atoms with Crippen LogP contribution in [0.1, 0.15) is 25.7 Å². The first-order valence-corrected chi connectivity index (χ1v) is 3.30. The maximum Gasteiger partial charge on any atom is 0 e. The van der Waals surface area contributed by atoms with Crippen LogP contribution in [0.3, 0.4) is 0 Å². The summed E-state index contributed by atoms with van der Waals surface area (Å²) in [7, 11) is 0. The van der Waals surface area contributed by atoms with Crippen molar-refractivity contribution < 1.29 is 20.4 Å². The van der Waals surface area contributed by atoms with Crippen LogP contribution in [-0.2, 0) is 20.4 Å². The zero-order valence-corrected chi connectivity index (χ0v) is 8.23. The van der Waals surface area contributed by atoms with E-state index in [1.54, 1.807) is 0 Å². The molecular formula is C8H13ClPd. The van der Waals surface area contributed by atoms with E-state index in [4.69, 9.17) is 0 Å². The van der Waals surface area contributed by atoms with E-state index in [2.05, 4.69) is 24.3 Å². The number of allylic oxidation sites excluding steroid dienone is 4. The summed E-state index contributed by atoms with van der Waals surface area (Å²) >= 11 is 0. The normalized spacial score (nSPS) is 16.0. The SMILES string of the molecule is C1=CCCC=CCC1.Cl.[Pd]. The zero-order valence-electron chi connectivity index (χ0n) is 5.86. The Hall–Kier alpha value is 0.432. The van der Waals surface area contributed by atoms with Gasteiger partial charge >= 0.3 is 0 Å². The summed E-state index contributed by atoms with van der Waals surface area (Å²) in [5.41, 5.74) is 0. The number of hydrogen-bond donors (Lipinski definition) is 0. The second-order valence-electron chi connectivity index (χ2n) is 2.10. The van der Waals surface area contributed by atoms with Crippen LogP contribution in [0.25, 0.3) is 0 Å². The minimum atomic E-state index is 0. The molecule has 62 valence electrons. The summed E-state index contributed by atoms with van der Waals surface area (Å²) in [6.07, 6.45) is 14.0. The Labute approximate surface area is 82.8 Å². The fourth-order valence-electron chi connectivity index (χ4n) is 0.856.